The molecule has 0 N–H and O–H groups in total. The second-order valence-corrected chi connectivity index (χ2v) is 6.29. The Morgan fingerprint density at radius 2 is 1.74 bits per heavy atom. The highest BCUT2D eigenvalue weighted by Gasteiger charge is 2.32. The number of carbonyl (C=O) groups is 2. The van der Waals surface area contributed by atoms with Gasteiger partial charge in [0, 0.05) is 57.8 Å². The molecule has 6 heteroatoms. The van der Waals surface area contributed by atoms with E-state index in [2.05, 4.69) is 4.90 Å². The van der Waals surface area contributed by atoms with Gasteiger partial charge in [-0.1, -0.05) is 0 Å². The monoisotopic (exact) mass is 319 g/mol. The summed E-state index contributed by atoms with van der Waals surface area (Å²) in [6, 6.07) is 6.44. The molecule has 23 heavy (non-hydrogen) atoms. The Morgan fingerprint density at radius 3 is 2.35 bits per heavy atom. The maximum Gasteiger partial charge on any atom is 0.226 e. The van der Waals surface area contributed by atoms with Crippen molar-refractivity contribution in [2.45, 2.75) is 12.8 Å². The average Bonchev–Trinajstić information content (AvgIpc) is 2.57. The summed E-state index contributed by atoms with van der Waals surface area (Å²) in [5.74, 6) is -0.254. The number of hydrogen-bond acceptors (Lipinski definition) is 3. The van der Waals surface area contributed by atoms with Crippen molar-refractivity contribution in [2.24, 2.45) is 5.92 Å². The van der Waals surface area contributed by atoms with Gasteiger partial charge in [-0.2, -0.15) is 0 Å². The molecule has 2 aliphatic rings. The van der Waals surface area contributed by atoms with Crippen LogP contribution in [0.2, 0.25) is 0 Å². The lowest BCUT2D eigenvalue weighted by molar-refractivity contribution is -0.144. The van der Waals surface area contributed by atoms with Crippen LogP contribution in [-0.2, 0) is 9.59 Å². The number of carbonyl (C=O) groups excluding carboxylic acids is 2. The zero-order valence-corrected chi connectivity index (χ0v) is 13.4. The second kappa shape index (κ2) is 6.56. The lowest BCUT2D eigenvalue weighted by atomic mass is 9.94. The van der Waals surface area contributed by atoms with Crippen LogP contribution in [0.3, 0.4) is 0 Å². The number of nitrogens with zero attached hydrogens (tertiary/aromatic N) is 3. The predicted molar refractivity (Wildman–Crippen MR) is 85.6 cm³/mol. The van der Waals surface area contributed by atoms with Crippen molar-refractivity contribution in [2.75, 3.05) is 44.7 Å². The van der Waals surface area contributed by atoms with Crippen LogP contribution in [0.25, 0.3) is 0 Å². The molecule has 0 radical (unpaired) electrons. The van der Waals surface area contributed by atoms with Gasteiger partial charge in [-0.15, -0.1) is 0 Å². The smallest absolute Gasteiger partial charge is 0.226 e. The summed E-state index contributed by atoms with van der Waals surface area (Å²) < 4.78 is 13.0. The van der Waals surface area contributed by atoms with Gasteiger partial charge in [0.2, 0.25) is 11.8 Å². The van der Waals surface area contributed by atoms with Crippen LogP contribution in [0.15, 0.2) is 24.3 Å². The molecule has 0 saturated carbocycles. The minimum Gasteiger partial charge on any atom is -0.368 e. The van der Waals surface area contributed by atoms with Crippen LogP contribution < -0.4 is 4.90 Å². The predicted octanol–water partition coefficient (Wildman–Crippen LogP) is 1.34. The molecule has 0 bridgehead atoms. The largest absolute Gasteiger partial charge is 0.368 e. The van der Waals surface area contributed by atoms with Crippen molar-refractivity contribution in [1.82, 2.24) is 9.80 Å². The van der Waals surface area contributed by atoms with E-state index in [1.165, 1.54) is 12.1 Å². The highest BCUT2D eigenvalue weighted by Crippen LogP contribution is 2.22. The standard InChI is InChI=1S/C17H22FN3O2/c1-19-7-6-13(12-16(19)22)17(23)21-10-8-20(9-11-21)15-4-2-14(18)3-5-15/h2-5,13H,6-12H2,1H3. The molecule has 2 aliphatic heterocycles. The van der Waals surface area contributed by atoms with Gasteiger partial charge in [-0.05, 0) is 30.7 Å². The van der Waals surface area contributed by atoms with Gasteiger partial charge in [0.25, 0.3) is 0 Å². The van der Waals surface area contributed by atoms with Gasteiger partial charge >= 0.3 is 0 Å². The third-order valence-corrected chi connectivity index (χ3v) is 4.79. The molecule has 2 heterocycles. The maximum absolute atomic E-state index is 13.0. The normalized spacial score (nSPS) is 22.4. The topological polar surface area (TPSA) is 43.9 Å². The number of piperazine rings is 1. The van der Waals surface area contributed by atoms with E-state index in [9.17, 15) is 14.0 Å². The van der Waals surface area contributed by atoms with E-state index in [0.717, 1.165) is 25.2 Å². The van der Waals surface area contributed by atoms with E-state index >= 15 is 0 Å². The molecule has 3 rings (SSSR count). The molecule has 2 amide bonds. The molecule has 0 aliphatic carbocycles. The minimum atomic E-state index is -0.241. The number of likely N-dealkylation sites (tertiary alicyclic amines) is 1. The van der Waals surface area contributed by atoms with Crippen molar-refractivity contribution in [3.05, 3.63) is 30.1 Å². The minimum absolute atomic E-state index is 0.0551. The molecule has 2 saturated heterocycles. The van der Waals surface area contributed by atoms with E-state index in [-0.39, 0.29) is 23.5 Å². The van der Waals surface area contributed by atoms with Crippen molar-refractivity contribution in [3.8, 4) is 0 Å². The third-order valence-electron chi connectivity index (χ3n) is 4.79. The second-order valence-electron chi connectivity index (χ2n) is 6.29. The zero-order chi connectivity index (χ0) is 16.4. The zero-order valence-electron chi connectivity index (χ0n) is 13.4. The van der Waals surface area contributed by atoms with E-state index in [4.69, 9.17) is 0 Å². The third kappa shape index (κ3) is 3.46. The molecular formula is C17H22FN3O2. The number of anilines is 1. The number of halogens is 1. The number of rotatable bonds is 2. The fourth-order valence-electron chi connectivity index (χ4n) is 3.25. The number of amides is 2. The highest BCUT2D eigenvalue weighted by molar-refractivity contribution is 5.87. The summed E-state index contributed by atoms with van der Waals surface area (Å²) in [5, 5.41) is 0. The molecule has 124 valence electrons. The Labute approximate surface area is 135 Å². The SMILES string of the molecule is CN1CCC(C(=O)N2CCN(c3ccc(F)cc3)CC2)CC1=O. The summed E-state index contributed by atoms with van der Waals surface area (Å²) in [6.45, 7) is 3.42. The van der Waals surface area contributed by atoms with Crippen LogP contribution in [-0.4, -0.2) is 61.4 Å². The number of hydrogen-bond donors (Lipinski definition) is 0. The van der Waals surface area contributed by atoms with E-state index in [1.807, 2.05) is 4.90 Å². The average molecular weight is 319 g/mol. The van der Waals surface area contributed by atoms with Crippen molar-refractivity contribution in [1.29, 1.82) is 0 Å². The van der Waals surface area contributed by atoms with Gasteiger partial charge in [0.05, 0.1) is 0 Å². The van der Waals surface area contributed by atoms with Crippen LogP contribution in [0.1, 0.15) is 12.8 Å². The van der Waals surface area contributed by atoms with Gasteiger partial charge in [-0.25, -0.2) is 4.39 Å². The van der Waals surface area contributed by atoms with Gasteiger partial charge < -0.3 is 14.7 Å². The van der Waals surface area contributed by atoms with E-state index in [0.29, 0.717) is 26.1 Å². The van der Waals surface area contributed by atoms with Gasteiger partial charge in [-0.3, -0.25) is 9.59 Å². The first kappa shape index (κ1) is 15.8. The van der Waals surface area contributed by atoms with Gasteiger partial charge in [0.15, 0.2) is 0 Å². The van der Waals surface area contributed by atoms with E-state index in [1.54, 1.807) is 24.1 Å². The summed E-state index contributed by atoms with van der Waals surface area (Å²) in [5.41, 5.74) is 0.980. The molecule has 2 fully saturated rings. The van der Waals surface area contributed by atoms with Crippen molar-refractivity contribution < 1.29 is 14.0 Å². The molecular weight excluding hydrogens is 297 g/mol. The van der Waals surface area contributed by atoms with Crippen LogP contribution >= 0.6 is 0 Å². The molecule has 5 nitrogen and oxygen atoms in total. The Morgan fingerprint density at radius 1 is 1.09 bits per heavy atom. The first-order valence-electron chi connectivity index (χ1n) is 8.08. The Hall–Kier alpha value is -2.11. The fourth-order valence-corrected chi connectivity index (χ4v) is 3.25. The molecule has 1 aromatic carbocycles. The van der Waals surface area contributed by atoms with Crippen LogP contribution in [0.4, 0.5) is 10.1 Å². The van der Waals surface area contributed by atoms with Gasteiger partial charge in [0.1, 0.15) is 5.82 Å². The Bertz CT molecular complexity index is 582. The Balaban J connectivity index is 1.55. The molecule has 0 aromatic heterocycles. The molecule has 1 atom stereocenters. The first-order chi connectivity index (χ1) is 11.0. The lowest BCUT2D eigenvalue weighted by Gasteiger charge is -2.38. The fraction of sp³-hybridized carbons (Fsp3) is 0.529. The first-order valence-corrected chi connectivity index (χ1v) is 8.08. The summed E-state index contributed by atoms with van der Waals surface area (Å²) >= 11 is 0. The Kier molecular flexibility index (Phi) is 4.50. The highest BCUT2D eigenvalue weighted by atomic mass is 19.1. The number of piperidine rings is 1. The summed E-state index contributed by atoms with van der Waals surface area (Å²) in [6.07, 6.45) is 1.08. The lowest BCUT2D eigenvalue weighted by Crippen LogP contribution is -2.52. The van der Waals surface area contributed by atoms with Crippen molar-refractivity contribution in [3.63, 3.8) is 0 Å². The van der Waals surface area contributed by atoms with Crippen LogP contribution in [0, 0.1) is 11.7 Å². The number of benzene rings is 1. The maximum atomic E-state index is 13.0. The summed E-state index contributed by atoms with van der Waals surface area (Å²) in [4.78, 5) is 30.1. The van der Waals surface area contributed by atoms with Crippen LogP contribution in [0.5, 0.6) is 0 Å². The van der Waals surface area contributed by atoms with Crippen molar-refractivity contribution >= 4 is 17.5 Å². The quantitative estimate of drug-likeness (QED) is 0.826. The molecule has 1 unspecified atom stereocenters. The molecule has 0 spiro atoms. The van der Waals surface area contributed by atoms with E-state index < -0.39 is 0 Å². The summed E-state index contributed by atoms with van der Waals surface area (Å²) in [7, 11) is 1.78. The molecule has 1 aromatic rings.